The predicted molar refractivity (Wildman–Crippen MR) is 108 cm³/mol. The van der Waals surface area contributed by atoms with Crippen LogP contribution in [0, 0.1) is 0 Å². The molecule has 0 bridgehead atoms. The van der Waals surface area contributed by atoms with E-state index in [1.54, 1.807) is 0 Å². The molecule has 0 aliphatic carbocycles. The zero-order valence-electron chi connectivity index (χ0n) is 15.3. The Morgan fingerprint density at radius 3 is 2.24 bits per heavy atom. The smallest absolute Gasteiger partial charge is 0.0236 e. The molecular weight excluding hydrogens is 304 g/mol. The lowest BCUT2D eigenvalue weighted by Crippen LogP contribution is -2.32. The van der Waals surface area contributed by atoms with Crippen molar-refractivity contribution >= 4 is 10.8 Å². The minimum absolute atomic E-state index is 0.518. The van der Waals surface area contributed by atoms with E-state index in [1.165, 1.54) is 27.5 Å². The molecule has 0 radical (unpaired) electrons. The van der Waals surface area contributed by atoms with Gasteiger partial charge in [-0.15, -0.1) is 0 Å². The lowest BCUT2D eigenvalue weighted by atomic mass is 10.0. The summed E-state index contributed by atoms with van der Waals surface area (Å²) in [6.07, 6.45) is 1.07. The van der Waals surface area contributed by atoms with Crippen LogP contribution >= 0.6 is 0 Å². The average molecular weight is 332 g/mol. The van der Waals surface area contributed by atoms with Crippen LogP contribution in [0.4, 0.5) is 0 Å². The molecule has 0 spiro atoms. The van der Waals surface area contributed by atoms with Crippen LogP contribution in [0.15, 0.2) is 66.7 Å². The van der Waals surface area contributed by atoms with Gasteiger partial charge in [0, 0.05) is 25.7 Å². The monoisotopic (exact) mass is 332 g/mol. The molecule has 3 aromatic rings. The Balaban J connectivity index is 1.71. The van der Waals surface area contributed by atoms with Crippen molar-refractivity contribution in [1.29, 1.82) is 0 Å². The van der Waals surface area contributed by atoms with E-state index in [4.69, 9.17) is 5.73 Å². The van der Waals surface area contributed by atoms with Gasteiger partial charge in [-0.1, -0.05) is 66.7 Å². The molecule has 2 nitrogen and oxygen atoms in total. The lowest BCUT2D eigenvalue weighted by molar-refractivity contribution is 0.215. The number of rotatable bonds is 7. The quantitative estimate of drug-likeness (QED) is 0.676. The molecule has 3 aromatic carbocycles. The number of hydrogen-bond acceptors (Lipinski definition) is 2. The summed E-state index contributed by atoms with van der Waals surface area (Å²) in [6, 6.07) is 24.5. The first-order chi connectivity index (χ1) is 12.2. The molecule has 2 heteroatoms. The third-order valence-electron chi connectivity index (χ3n) is 4.92. The average Bonchev–Trinajstić information content (AvgIpc) is 2.65. The number of nitrogens with zero attached hydrogens (tertiary/aromatic N) is 1. The Morgan fingerprint density at radius 1 is 0.840 bits per heavy atom. The molecule has 25 heavy (non-hydrogen) atoms. The van der Waals surface area contributed by atoms with Crippen LogP contribution in [0.5, 0.6) is 0 Å². The molecule has 0 aliphatic heterocycles. The highest BCUT2D eigenvalue weighted by atomic mass is 15.1. The second kappa shape index (κ2) is 8.28. The van der Waals surface area contributed by atoms with Crippen molar-refractivity contribution in [2.75, 3.05) is 6.54 Å². The normalized spacial score (nSPS) is 11.6. The minimum Gasteiger partial charge on any atom is -0.326 e. The largest absolute Gasteiger partial charge is 0.326 e. The maximum atomic E-state index is 5.70. The zero-order chi connectivity index (χ0) is 17.6. The van der Waals surface area contributed by atoms with Crippen molar-refractivity contribution in [3.05, 3.63) is 83.4 Å². The summed E-state index contributed by atoms with van der Waals surface area (Å²) in [5.74, 6) is 0. The maximum Gasteiger partial charge on any atom is 0.0236 e. The highest BCUT2D eigenvalue weighted by molar-refractivity contribution is 5.85. The van der Waals surface area contributed by atoms with E-state index in [0.29, 0.717) is 12.6 Å². The summed E-state index contributed by atoms with van der Waals surface area (Å²) >= 11 is 0. The summed E-state index contributed by atoms with van der Waals surface area (Å²) in [4.78, 5) is 2.54. The Kier molecular flexibility index (Phi) is 5.85. The van der Waals surface area contributed by atoms with Gasteiger partial charge in [-0.3, -0.25) is 4.90 Å². The molecule has 0 saturated carbocycles. The molecule has 0 aliphatic rings. The SMILES string of the molecule is CC(C)N(CCc1cccc2ccccc12)Cc1ccc(CN)cc1. The molecule has 130 valence electrons. The maximum absolute atomic E-state index is 5.70. The first kappa shape index (κ1) is 17.7. The summed E-state index contributed by atoms with van der Waals surface area (Å²) in [6.45, 7) is 7.20. The van der Waals surface area contributed by atoms with Crippen LogP contribution in [0.25, 0.3) is 10.8 Å². The van der Waals surface area contributed by atoms with Crippen LogP contribution in [0.3, 0.4) is 0 Å². The van der Waals surface area contributed by atoms with Gasteiger partial charge in [-0.25, -0.2) is 0 Å². The number of benzene rings is 3. The second-order valence-corrected chi connectivity index (χ2v) is 6.97. The molecule has 0 unspecified atom stereocenters. The molecule has 0 atom stereocenters. The van der Waals surface area contributed by atoms with Gasteiger partial charge in [0.2, 0.25) is 0 Å². The van der Waals surface area contributed by atoms with Crippen molar-refractivity contribution < 1.29 is 0 Å². The Bertz CT molecular complexity index is 800. The fourth-order valence-electron chi connectivity index (χ4n) is 3.31. The van der Waals surface area contributed by atoms with Gasteiger partial charge in [-0.05, 0) is 47.7 Å². The van der Waals surface area contributed by atoms with E-state index < -0.39 is 0 Å². The predicted octanol–water partition coefficient (Wildman–Crippen LogP) is 4.75. The van der Waals surface area contributed by atoms with E-state index in [0.717, 1.165) is 19.5 Å². The Labute approximate surface area is 151 Å². The lowest BCUT2D eigenvalue weighted by Gasteiger charge is -2.27. The van der Waals surface area contributed by atoms with Gasteiger partial charge in [-0.2, -0.15) is 0 Å². The summed E-state index contributed by atoms with van der Waals surface area (Å²) < 4.78 is 0. The van der Waals surface area contributed by atoms with Crippen LogP contribution in [0.2, 0.25) is 0 Å². The van der Waals surface area contributed by atoms with Crippen molar-refractivity contribution in [2.45, 2.75) is 39.4 Å². The van der Waals surface area contributed by atoms with Gasteiger partial charge in [0.1, 0.15) is 0 Å². The zero-order valence-corrected chi connectivity index (χ0v) is 15.3. The van der Waals surface area contributed by atoms with Crippen LogP contribution in [-0.4, -0.2) is 17.5 Å². The first-order valence-corrected chi connectivity index (χ1v) is 9.16. The summed E-state index contributed by atoms with van der Waals surface area (Å²) in [5, 5.41) is 2.70. The first-order valence-electron chi connectivity index (χ1n) is 9.16. The fraction of sp³-hybridized carbons (Fsp3) is 0.304. The van der Waals surface area contributed by atoms with Gasteiger partial charge in [0.25, 0.3) is 0 Å². The van der Waals surface area contributed by atoms with E-state index in [9.17, 15) is 0 Å². The van der Waals surface area contributed by atoms with Gasteiger partial charge in [0.05, 0.1) is 0 Å². The van der Waals surface area contributed by atoms with Crippen LogP contribution in [-0.2, 0) is 19.5 Å². The second-order valence-electron chi connectivity index (χ2n) is 6.97. The molecule has 3 rings (SSSR count). The van der Waals surface area contributed by atoms with Gasteiger partial charge in [0.15, 0.2) is 0 Å². The van der Waals surface area contributed by atoms with Crippen molar-refractivity contribution in [3.8, 4) is 0 Å². The Morgan fingerprint density at radius 2 is 1.52 bits per heavy atom. The molecule has 0 aromatic heterocycles. The van der Waals surface area contributed by atoms with Crippen molar-refractivity contribution in [3.63, 3.8) is 0 Å². The van der Waals surface area contributed by atoms with E-state index in [1.807, 2.05) is 0 Å². The van der Waals surface area contributed by atoms with Crippen molar-refractivity contribution in [2.24, 2.45) is 5.73 Å². The highest BCUT2D eigenvalue weighted by Crippen LogP contribution is 2.20. The van der Waals surface area contributed by atoms with Gasteiger partial charge < -0.3 is 5.73 Å². The van der Waals surface area contributed by atoms with E-state index in [-0.39, 0.29) is 0 Å². The molecular formula is C23H28N2. The number of hydrogen-bond donors (Lipinski definition) is 1. The summed E-state index contributed by atoms with van der Waals surface area (Å²) in [7, 11) is 0. The number of nitrogens with two attached hydrogens (primary N) is 1. The van der Waals surface area contributed by atoms with E-state index >= 15 is 0 Å². The third kappa shape index (κ3) is 4.47. The molecule has 0 fully saturated rings. The third-order valence-corrected chi connectivity index (χ3v) is 4.92. The summed E-state index contributed by atoms with van der Waals surface area (Å²) in [5.41, 5.74) is 9.67. The standard InChI is InChI=1S/C23H28N2/c1-18(2)25(17-20-12-10-19(16-24)11-13-20)15-14-22-8-5-7-21-6-3-4-9-23(21)22/h3-13,18H,14-17,24H2,1-2H3. The molecule has 0 amide bonds. The van der Waals surface area contributed by atoms with Crippen LogP contribution in [0.1, 0.15) is 30.5 Å². The fourth-order valence-corrected chi connectivity index (χ4v) is 3.31. The molecule has 0 heterocycles. The molecule has 2 N–H and O–H groups in total. The van der Waals surface area contributed by atoms with Crippen molar-refractivity contribution in [1.82, 2.24) is 4.90 Å². The Hall–Kier alpha value is -2.16. The van der Waals surface area contributed by atoms with Crippen LogP contribution < -0.4 is 5.73 Å². The highest BCUT2D eigenvalue weighted by Gasteiger charge is 2.11. The van der Waals surface area contributed by atoms with E-state index in [2.05, 4.69) is 85.5 Å². The molecule has 0 saturated heterocycles. The number of fused-ring (bicyclic) bond motifs is 1. The topological polar surface area (TPSA) is 29.3 Å². The minimum atomic E-state index is 0.518. The van der Waals surface area contributed by atoms with Gasteiger partial charge >= 0.3 is 0 Å².